The predicted molar refractivity (Wildman–Crippen MR) is 63.3 cm³/mol. The third kappa shape index (κ3) is 2.40. The zero-order chi connectivity index (χ0) is 11.5. The van der Waals surface area contributed by atoms with Gasteiger partial charge in [0.2, 0.25) is 0 Å². The molecular formula is C11H8ClNO2S. The Morgan fingerprint density at radius 3 is 2.94 bits per heavy atom. The molecule has 1 aromatic heterocycles. The summed E-state index contributed by atoms with van der Waals surface area (Å²) in [6.45, 7) is 0. The second-order valence-corrected chi connectivity index (χ2v) is 4.62. The predicted octanol–water partition coefficient (Wildman–Crippen LogP) is 3.09. The number of hydrogen-bond acceptors (Lipinski definition) is 3. The number of aromatic nitrogens is 1. The molecule has 0 unspecified atom stereocenters. The van der Waals surface area contributed by atoms with E-state index in [-0.39, 0.29) is 5.56 Å². The molecule has 2 aromatic rings. The minimum absolute atomic E-state index is 0.239. The molecule has 0 aliphatic rings. The average molecular weight is 254 g/mol. The average Bonchev–Trinajstić information content (AvgIpc) is 2.73. The van der Waals surface area contributed by atoms with E-state index in [0.717, 1.165) is 10.6 Å². The lowest BCUT2D eigenvalue weighted by molar-refractivity contribution is 0.0696. The third-order valence-electron chi connectivity index (χ3n) is 2.13. The van der Waals surface area contributed by atoms with Crippen molar-refractivity contribution in [2.75, 3.05) is 0 Å². The Morgan fingerprint density at radius 1 is 1.50 bits per heavy atom. The van der Waals surface area contributed by atoms with Gasteiger partial charge in [0, 0.05) is 23.0 Å². The van der Waals surface area contributed by atoms with Gasteiger partial charge in [-0.15, -0.1) is 11.3 Å². The van der Waals surface area contributed by atoms with Gasteiger partial charge in [-0.05, 0) is 17.7 Å². The van der Waals surface area contributed by atoms with Crippen LogP contribution in [0.4, 0.5) is 0 Å². The van der Waals surface area contributed by atoms with Crippen molar-refractivity contribution < 1.29 is 9.90 Å². The highest BCUT2D eigenvalue weighted by atomic mass is 35.5. The van der Waals surface area contributed by atoms with Crippen molar-refractivity contribution in [3.8, 4) is 0 Å². The molecule has 82 valence electrons. The molecular weight excluding hydrogens is 246 g/mol. The summed E-state index contributed by atoms with van der Waals surface area (Å²) in [5, 5.41) is 12.2. The van der Waals surface area contributed by atoms with Gasteiger partial charge >= 0.3 is 5.97 Å². The molecule has 1 N–H and O–H groups in total. The first-order valence-electron chi connectivity index (χ1n) is 4.57. The normalized spacial score (nSPS) is 10.3. The van der Waals surface area contributed by atoms with Gasteiger partial charge in [0.25, 0.3) is 0 Å². The molecule has 16 heavy (non-hydrogen) atoms. The SMILES string of the molecule is O=C(O)c1cc(Cl)ccc1Cc1nccs1. The van der Waals surface area contributed by atoms with Crippen LogP contribution in [-0.2, 0) is 6.42 Å². The van der Waals surface area contributed by atoms with Gasteiger partial charge in [-0.2, -0.15) is 0 Å². The van der Waals surface area contributed by atoms with E-state index in [4.69, 9.17) is 16.7 Å². The molecule has 1 heterocycles. The van der Waals surface area contributed by atoms with Crippen LogP contribution in [0.15, 0.2) is 29.8 Å². The Labute approximate surface area is 101 Å². The fourth-order valence-corrected chi connectivity index (χ4v) is 2.22. The fourth-order valence-electron chi connectivity index (χ4n) is 1.41. The monoisotopic (exact) mass is 253 g/mol. The highest BCUT2D eigenvalue weighted by Gasteiger charge is 2.11. The summed E-state index contributed by atoms with van der Waals surface area (Å²) in [4.78, 5) is 15.2. The summed E-state index contributed by atoms with van der Waals surface area (Å²) in [5.41, 5.74) is 0.967. The molecule has 0 fully saturated rings. The summed E-state index contributed by atoms with van der Waals surface area (Å²) >= 11 is 7.27. The Bertz CT molecular complexity index is 511. The van der Waals surface area contributed by atoms with Crippen LogP contribution >= 0.6 is 22.9 Å². The summed E-state index contributed by atoms with van der Waals surface area (Å²) in [5.74, 6) is -0.964. The molecule has 0 amide bonds. The largest absolute Gasteiger partial charge is 0.478 e. The highest BCUT2D eigenvalue weighted by Crippen LogP contribution is 2.20. The first-order valence-corrected chi connectivity index (χ1v) is 5.82. The van der Waals surface area contributed by atoms with Crippen LogP contribution in [0.3, 0.4) is 0 Å². The standard InChI is InChI=1S/C11H8ClNO2S/c12-8-2-1-7(9(6-8)11(14)15)5-10-13-3-4-16-10/h1-4,6H,5H2,(H,14,15). The van der Waals surface area contributed by atoms with Crippen LogP contribution in [0.1, 0.15) is 20.9 Å². The van der Waals surface area contributed by atoms with Crippen molar-refractivity contribution in [1.29, 1.82) is 0 Å². The molecule has 1 aromatic carbocycles. The van der Waals surface area contributed by atoms with E-state index in [1.54, 1.807) is 18.3 Å². The van der Waals surface area contributed by atoms with Crippen molar-refractivity contribution in [1.82, 2.24) is 4.98 Å². The number of benzene rings is 1. The van der Waals surface area contributed by atoms with Crippen LogP contribution in [-0.4, -0.2) is 16.1 Å². The first kappa shape index (κ1) is 11.1. The minimum atomic E-state index is -0.964. The van der Waals surface area contributed by atoms with Gasteiger partial charge in [-0.3, -0.25) is 0 Å². The maximum Gasteiger partial charge on any atom is 0.336 e. The lowest BCUT2D eigenvalue weighted by Crippen LogP contribution is -2.02. The number of carboxylic acids is 1. The quantitative estimate of drug-likeness (QED) is 0.915. The molecule has 0 aliphatic heterocycles. The van der Waals surface area contributed by atoms with Crippen molar-refractivity contribution >= 4 is 28.9 Å². The Morgan fingerprint density at radius 2 is 2.31 bits per heavy atom. The Kier molecular flexibility index (Phi) is 3.22. The smallest absolute Gasteiger partial charge is 0.336 e. The molecule has 5 heteroatoms. The molecule has 0 aliphatic carbocycles. The minimum Gasteiger partial charge on any atom is -0.478 e. The zero-order valence-electron chi connectivity index (χ0n) is 8.18. The van der Waals surface area contributed by atoms with E-state index in [1.165, 1.54) is 17.4 Å². The number of carbonyl (C=O) groups is 1. The van der Waals surface area contributed by atoms with Crippen LogP contribution in [0.2, 0.25) is 5.02 Å². The maximum absolute atomic E-state index is 11.0. The van der Waals surface area contributed by atoms with E-state index in [2.05, 4.69) is 4.98 Å². The summed E-state index contributed by atoms with van der Waals surface area (Å²) in [6, 6.07) is 4.89. The zero-order valence-corrected chi connectivity index (χ0v) is 9.76. The lowest BCUT2D eigenvalue weighted by Gasteiger charge is -2.04. The number of halogens is 1. The number of nitrogens with zero attached hydrogens (tertiary/aromatic N) is 1. The molecule has 3 nitrogen and oxygen atoms in total. The van der Waals surface area contributed by atoms with Crippen molar-refractivity contribution in [2.45, 2.75) is 6.42 Å². The van der Waals surface area contributed by atoms with Crippen LogP contribution < -0.4 is 0 Å². The summed E-state index contributed by atoms with van der Waals surface area (Å²) in [7, 11) is 0. The summed E-state index contributed by atoms with van der Waals surface area (Å²) < 4.78 is 0. The van der Waals surface area contributed by atoms with Crippen LogP contribution in [0.5, 0.6) is 0 Å². The second kappa shape index (κ2) is 4.63. The molecule has 0 bridgehead atoms. The molecule has 0 spiro atoms. The van der Waals surface area contributed by atoms with Crippen molar-refractivity contribution in [3.63, 3.8) is 0 Å². The highest BCUT2D eigenvalue weighted by molar-refractivity contribution is 7.09. The van der Waals surface area contributed by atoms with Gasteiger partial charge in [0.15, 0.2) is 0 Å². The number of hydrogen-bond donors (Lipinski definition) is 1. The number of carboxylic acid groups (broad SMARTS) is 1. The van der Waals surface area contributed by atoms with Crippen LogP contribution in [0.25, 0.3) is 0 Å². The van der Waals surface area contributed by atoms with E-state index in [0.29, 0.717) is 11.4 Å². The Balaban J connectivity index is 2.36. The molecule has 0 saturated carbocycles. The lowest BCUT2D eigenvalue weighted by atomic mass is 10.1. The van der Waals surface area contributed by atoms with Crippen molar-refractivity contribution in [3.05, 3.63) is 50.9 Å². The van der Waals surface area contributed by atoms with E-state index < -0.39 is 5.97 Å². The number of thiazole rings is 1. The number of aromatic carboxylic acids is 1. The van der Waals surface area contributed by atoms with Crippen LogP contribution in [0, 0.1) is 0 Å². The van der Waals surface area contributed by atoms with Gasteiger partial charge in [-0.25, -0.2) is 9.78 Å². The van der Waals surface area contributed by atoms with Gasteiger partial charge < -0.3 is 5.11 Å². The molecule has 0 radical (unpaired) electrons. The molecule has 2 rings (SSSR count). The maximum atomic E-state index is 11.0. The summed E-state index contributed by atoms with van der Waals surface area (Å²) in [6.07, 6.45) is 2.23. The van der Waals surface area contributed by atoms with E-state index in [1.807, 2.05) is 5.38 Å². The van der Waals surface area contributed by atoms with Crippen molar-refractivity contribution in [2.24, 2.45) is 0 Å². The topological polar surface area (TPSA) is 50.2 Å². The third-order valence-corrected chi connectivity index (χ3v) is 3.14. The van der Waals surface area contributed by atoms with E-state index in [9.17, 15) is 4.79 Å². The Hall–Kier alpha value is -1.39. The van der Waals surface area contributed by atoms with E-state index >= 15 is 0 Å². The number of rotatable bonds is 3. The van der Waals surface area contributed by atoms with Gasteiger partial charge in [0.1, 0.15) is 0 Å². The first-order chi connectivity index (χ1) is 7.66. The molecule has 0 saturated heterocycles. The van der Waals surface area contributed by atoms with Gasteiger partial charge in [-0.1, -0.05) is 17.7 Å². The van der Waals surface area contributed by atoms with Gasteiger partial charge in [0.05, 0.1) is 10.6 Å². The fraction of sp³-hybridized carbons (Fsp3) is 0.0909. The second-order valence-electron chi connectivity index (χ2n) is 3.21. The molecule has 0 atom stereocenters.